The number of aromatic nitrogens is 1. The van der Waals surface area contributed by atoms with E-state index in [9.17, 15) is 14.0 Å². The molecule has 0 saturated carbocycles. The van der Waals surface area contributed by atoms with E-state index in [-0.39, 0.29) is 18.4 Å². The molecule has 2 aromatic carbocycles. The molecule has 2 N–H and O–H groups in total. The highest BCUT2D eigenvalue weighted by Crippen LogP contribution is 2.25. The molecule has 2 heterocycles. The molecule has 8 heteroatoms. The summed E-state index contributed by atoms with van der Waals surface area (Å²) >= 11 is 0. The summed E-state index contributed by atoms with van der Waals surface area (Å²) in [6.45, 7) is 4.98. The van der Waals surface area contributed by atoms with Gasteiger partial charge < -0.3 is 15.5 Å². The fraction of sp³-hybridized carbons (Fsp3) is 0.296. The number of anilines is 2. The monoisotopic (exact) mass is 475 g/mol. The van der Waals surface area contributed by atoms with E-state index in [2.05, 4.69) is 27.4 Å². The minimum atomic E-state index is -0.705. The number of pyridine rings is 1. The van der Waals surface area contributed by atoms with Crippen LogP contribution in [0.2, 0.25) is 0 Å². The third-order valence-corrected chi connectivity index (χ3v) is 6.30. The van der Waals surface area contributed by atoms with Crippen molar-refractivity contribution in [3.05, 3.63) is 90.0 Å². The van der Waals surface area contributed by atoms with Gasteiger partial charge in [0.1, 0.15) is 5.82 Å². The van der Waals surface area contributed by atoms with Gasteiger partial charge in [0.2, 0.25) is 0 Å². The van der Waals surface area contributed by atoms with Gasteiger partial charge in [0.25, 0.3) is 0 Å². The third kappa shape index (κ3) is 6.22. The molecule has 1 saturated heterocycles. The lowest BCUT2D eigenvalue weighted by Crippen LogP contribution is -2.50. The first kappa shape index (κ1) is 24.3. The molecule has 0 unspecified atom stereocenters. The highest BCUT2D eigenvalue weighted by Gasteiger charge is 2.27. The molecule has 1 aliphatic heterocycles. The number of aryl methyl sites for hydroxylation is 1. The minimum Gasteiger partial charge on any atom is -0.367 e. The summed E-state index contributed by atoms with van der Waals surface area (Å²) in [5.74, 6) is -1.63. The van der Waals surface area contributed by atoms with Gasteiger partial charge in [0.15, 0.2) is 0 Å². The Balaban J connectivity index is 1.38. The predicted octanol–water partition coefficient (Wildman–Crippen LogP) is 3.40. The Bertz CT molecular complexity index is 1130. The SMILES string of the molecule is CCc1ccc(NC(=O)C(=O)NC[C@@H](c2cccnc2)N2CCN(c3ccccc3F)CC2)cc1. The number of hydrogen-bond acceptors (Lipinski definition) is 5. The summed E-state index contributed by atoms with van der Waals surface area (Å²) in [5, 5.41) is 5.43. The molecule has 1 atom stereocenters. The first-order valence-electron chi connectivity index (χ1n) is 11.9. The van der Waals surface area contributed by atoms with E-state index in [1.165, 1.54) is 6.07 Å². The van der Waals surface area contributed by atoms with Crippen LogP contribution in [-0.4, -0.2) is 54.4 Å². The van der Waals surface area contributed by atoms with Crippen LogP contribution in [0.15, 0.2) is 73.1 Å². The van der Waals surface area contributed by atoms with Gasteiger partial charge in [0.05, 0.1) is 11.7 Å². The van der Waals surface area contributed by atoms with Crippen molar-refractivity contribution in [2.45, 2.75) is 19.4 Å². The second-order valence-electron chi connectivity index (χ2n) is 8.49. The number of para-hydroxylation sites is 1. The summed E-state index contributed by atoms with van der Waals surface area (Å²) in [4.78, 5) is 33.5. The van der Waals surface area contributed by atoms with E-state index < -0.39 is 11.8 Å². The van der Waals surface area contributed by atoms with E-state index in [1.54, 1.807) is 36.7 Å². The fourth-order valence-corrected chi connectivity index (χ4v) is 4.29. The number of carbonyl (C=O) groups excluding carboxylic acids is 2. The van der Waals surface area contributed by atoms with E-state index in [4.69, 9.17) is 0 Å². The standard InChI is InChI=1S/C27H30FN5O2/c1-2-20-9-11-22(12-10-20)31-27(35)26(34)30-19-25(21-6-5-13-29-18-21)33-16-14-32(15-17-33)24-8-4-3-7-23(24)28/h3-13,18,25H,2,14-17,19H2,1H3,(H,30,34)(H,31,35)/t25-/m0/s1. The maximum absolute atomic E-state index is 14.2. The number of rotatable bonds is 7. The van der Waals surface area contributed by atoms with Crippen molar-refractivity contribution in [1.82, 2.24) is 15.2 Å². The second-order valence-corrected chi connectivity index (χ2v) is 8.49. The summed E-state index contributed by atoms with van der Waals surface area (Å²) in [6, 6.07) is 17.9. The third-order valence-electron chi connectivity index (χ3n) is 6.30. The van der Waals surface area contributed by atoms with Crippen molar-refractivity contribution in [2.75, 3.05) is 42.9 Å². The molecule has 4 rings (SSSR count). The molecule has 1 fully saturated rings. The van der Waals surface area contributed by atoms with Crippen LogP contribution in [0.3, 0.4) is 0 Å². The molecule has 1 aromatic heterocycles. The summed E-state index contributed by atoms with van der Waals surface area (Å²) < 4.78 is 14.2. The number of halogens is 1. The van der Waals surface area contributed by atoms with Crippen LogP contribution in [-0.2, 0) is 16.0 Å². The lowest BCUT2D eigenvalue weighted by Gasteiger charge is -2.40. The van der Waals surface area contributed by atoms with Gasteiger partial charge in [0, 0.05) is 50.8 Å². The zero-order valence-electron chi connectivity index (χ0n) is 19.8. The molecule has 2 amide bonds. The first-order valence-corrected chi connectivity index (χ1v) is 11.9. The van der Waals surface area contributed by atoms with Gasteiger partial charge in [-0.3, -0.25) is 19.5 Å². The van der Waals surface area contributed by atoms with Gasteiger partial charge in [-0.15, -0.1) is 0 Å². The summed E-state index contributed by atoms with van der Waals surface area (Å²) in [5.41, 5.74) is 3.28. The van der Waals surface area contributed by atoms with E-state index in [0.717, 1.165) is 17.5 Å². The van der Waals surface area contributed by atoms with Gasteiger partial charge in [-0.25, -0.2) is 4.39 Å². The average Bonchev–Trinajstić information content (AvgIpc) is 2.90. The van der Waals surface area contributed by atoms with E-state index in [1.807, 2.05) is 35.2 Å². The highest BCUT2D eigenvalue weighted by atomic mass is 19.1. The highest BCUT2D eigenvalue weighted by molar-refractivity contribution is 6.39. The van der Waals surface area contributed by atoms with Crippen LogP contribution in [0.25, 0.3) is 0 Å². The largest absolute Gasteiger partial charge is 0.367 e. The van der Waals surface area contributed by atoms with Gasteiger partial charge >= 0.3 is 11.8 Å². The van der Waals surface area contributed by atoms with Crippen molar-refractivity contribution >= 4 is 23.2 Å². The number of nitrogens with one attached hydrogen (secondary N) is 2. The molecule has 0 bridgehead atoms. The maximum Gasteiger partial charge on any atom is 0.313 e. The maximum atomic E-state index is 14.2. The normalized spacial score (nSPS) is 14.9. The molecule has 0 spiro atoms. The Labute approximate surface area is 205 Å². The Morgan fingerprint density at radius 3 is 2.37 bits per heavy atom. The van der Waals surface area contributed by atoms with Crippen molar-refractivity contribution in [2.24, 2.45) is 0 Å². The Morgan fingerprint density at radius 1 is 0.971 bits per heavy atom. The molecule has 35 heavy (non-hydrogen) atoms. The van der Waals surface area contributed by atoms with Crippen LogP contribution in [0, 0.1) is 5.82 Å². The Kier molecular flexibility index (Phi) is 8.05. The Hall–Kier alpha value is -3.78. The van der Waals surface area contributed by atoms with Crippen molar-refractivity contribution in [3.8, 4) is 0 Å². The molecule has 1 aliphatic rings. The molecule has 182 valence electrons. The summed E-state index contributed by atoms with van der Waals surface area (Å²) in [6.07, 6.45) is 4.38. The van der Waals surface area contributed by atoms with Gasteiger partial charge in [-0.05, 0) is 47.9 Å². The fourth-order valence-electron chi connectivity index (χ4n) is 4.29. The van der Waals surface area contributed by atoms with Crippen LogP contribution in [0.4, 0.5) is 15.8 Å². The quantitative estimate of drug-likeness (QED) is 0.512. The van der Waals surface area contributed by atoms with Crippen LogP contribution in [0.1, 0.15) is 24.1 Å². The molecular formula is C27H30FN5O2. The Morgan fingerprint density at radius 2 is 1.71 bits per heavy atom. The number of carbonyl (C=O) groups is 2. The van der Waals surface area contributed by atoms with E-state index in [0.29, 0.717) is 37.6 Å². The van der Waals surface area contributed by atoms with Crippen LogP contribution >= 0.6 is 0 Å². The van der Waals surface area contributed by atoms with Crippen LogP contribution in [0.5, 0.6) is 0 Å². The van der Waals surface area contributed by atoms with E-state index >= 15 is 0 Å². The summed E-state index contributed by atoms with van der Waals surface area (Å²) in [7, 11) is 0. The van der Waals surface area contributed by atoms with Crippen molar-refractivity contribution in [3.63, 3.8) is 0 Å². The topological polar surface area (TPSA) is 77.6 Å². The van der Waals surface area contributed by atoms with Gasteiger partial charge in [-0.2, -0.15) is 0 Å². The lowest BCUT2D eigenvalue weighted by atomic mass is 10.1. The smallest absolute Gasteiger partial charge is 0.313 e. The lowest BCUT2D eigenvalue weighted by molar-refractivity contribution is -0.136. The van der Waals surface area contributed by atoms with Crippen molar-refractivity contribution < 1.29 is 14.0 Å². The first-order chi connectivity index (χ1) is 17.0. The number of nitrogens with zero attached hydrogens (tertiary/aromatic N) is 3. The average molecular weight is 476 g/mol. The van der Waals surface area contributed by atoms with Gasteiger partial charge in [-0.1, -0.05) is 37.3 Å². The molecule has 3 aromatic rings. The molecule has 0 radical (unpaired) electrons. The predicted molar refractivity (Wildman–Crippen MR) is 135 cm³/mol. The molecule has 0 aliphatic carbocycles. The zero-order valence-corrected chi connectivity index (χ0v) is 19.8. The second kappa shape index (κ2) is 11.6. The number of amides is 2. The van der Waals surface area contributed by atoms with Crippen LogP contribution < -0.4 is 15.5 Å². The minimum absolute atomic E-state index is 0.160. The molecule has 7 nitrogen and oxygen atoms in total. The number of hydrogen-bond donors (Lipinski definition) is 2. The molecular weight excluding hydrogens is 445 g/mol. The zero-order chi connectivity index (χ0) is 24.6. The number of piperazine rings is 1. The van der Waals surface area contributed by atoms with Crippen molar-refractivity contribution in [1.29, 1.82) is 0 Å². The number of benzene rings is 2.